The summed E-state index contributed by atoms with van der Waals surface area (Å²) in [6.45, 7) is 19.0. The summed E-state index contributed by atoms with van der Waals surface area (Å²) >= 11 is 0. The summed E-state index contributed by atoms with van der Waals surface area (Å²) in [6, 6.07) is 4.20. The molecule has 2 rings (SSSR count). The molecule has 0 spiro atoms. The van der Waals surface area contributed by atoms with Crippen LogP contribution in [0.4, 0.5) is 0 Å². The molecule has 0 radical (unpaired) electrons. The number of hydrogen-bond donors (Lipinski definition) is 1. The predicted molar refractivity (Wildman–Crippen MR) is 115 cm³/mol. The normalized spacial score (nSPS) is 18.3. The minimum Gasteiger partial charge on any atom is -0.507 e. The molecule has 1 unspecified atom stereocenters. The first-order valence-electron chi connectivity index (χ1n) is 10.3. The molecule has 1 N–H and O–H groups in total. The van der Waals surface area contributed by atoms with E-state index in [-0.39, 0.29) is 35.4 Å². The molecule has 0 amide bonds. The number of phenols is 1. The Hall–Kier alpha value is -1.83. The topological polar surface area (TPSA) is 37.3 Å². The number of carbonyl (C=O) groups excluding carboxylic acids is 1. The monoisotopic (exact) mass is 368 g/mol. The van der Waals surface area contributed by atoms with Gasteiger partial charge in [0.1, 0.15) is 5.75 Å². The van der Waals surface area contributed by atoms with E-state index in [1.807, 2.05) is 0 Å². The van der Waals surface area contributed by atoms with Gasteiger partial charge in [-0.2, -0.15) is 0 Å². The van der Waals surface area contributed by atoms with Gasteiger partial charge in [-0.1, -0.05) is 61.5 Å². The molecular formula is C25H36O2. The van der Waals surface area contributed by atoms with E-state index in [9.17, 15) is 9.90 Å². The van der Waals surface area contributed by atoms with E-state index in [1.165, 1.54) is 5.57 Å². The van der Waals surface area contributed by atoms with Gasteiger partial charge in [0, 0.05) is 0 Å². The zero-order valence-electron chi connectivity index (χ0n) is 18.5. The number of benzene rings is 1. The standard InChI is InChI=1S/C25H36O2/c1-13(2)19-10-17(9)23(22(16(7)8)25(19)27)18-11-20(14(3)4)24(26)21(12-18)15(5)6/h10-16,22,26H,1-9H3. The molecule has 1 aliphatic rings. The average Bonchev–Trinajstić information content (AvgIpc) is 2.55. The van der Waals surface area contributed by atoms with Gasteiger partial charge in [0.15, 0.2) is 5.78 Å². The molecule has 0 aromatic heterocycles. The second kappa shape index (κ2) is 8.04. The fourth-order valence-electron chi connectivity index (χ4n) is 4.15. The summed E-state index contributed by atoms with van der Waals surface area (Å²) in [5, 5.41) is 10.8. The minimum atomic E-state index is -0.128. The van der Waals surface area contributed by atoms with Crippen molar-refractivity contribution in [3.05, 3.63) is 46.0 Å². The fraction of sp³-hybridized carbons (Fsp3) is 0.560. The molecule has 2 heteroatoms. The van der Waals surface area contributed by atoms with Crippen LogP contribution in [0.1, 0.15) is 90.8 Å². The zero-order chi connectivity index (χ0) is 20.6. The molecule has 1 aliphatic carbocycles. The Labute approximate surface area is 165 Å². The van der Waals surface area contributed by atoms with Crippen molar-refractivity contribution in [3.8, 4) is 5.75 Å². The summed E-state index contributed by atoms with van der Waals surface area (Å²) in [7, 11) is 0. The van der Waals surface area contributed by atoms with E-state index in [0.717, 1.165) is 27.8 Å². The largest absolute Gasteiger partial charge is 0.507 e. The van der Waals surface area contributed by atoms with Crippen molar-refractivity contribution < 1.29 is 9.90 Å². The summed E-state index contributed by atoms with van der Waals surface area (Å²) < 4.78 is 0. The zero-order valence-corrected chi connectivity index (χ0v) is 18.5. The average molecular weight is 369 g/mol. The highest BCUT2D eigenvalue weighted by molar-refractivity contribution is 6.08. The summed E-state index contributed by atoms with van der Waals surface area (Å²) in [5.74, 6) is 1.44. The van der Waals surface area contributed by atoms with Crippen LogP contribution in [0.5, 0.6) is 5.75 Å². The second-order valence-electron chi connectivity index (χ2n) is 9.25. The Bertz CT molecular complexity index is 760. The lowest BCUT2D eigenvalue weighted by Gasteiger charge is -2.32. The molecule has 0 saturated carbocycles. The maximum Gasteiger partial charge on any atom is 0.166 e. The summed E-state index contributed by atoms with van der Waals surface area (Å²) in [6.07, 6.45) is 2.08. The predicted octanol–water partition coefficient (Wildman–Crippen LogP) is 6.85. The van der Waals surface area contributed by atoms with Gasteiger partial charge in [-0.25, -0.2) is 0 Å². The van der Waals surface area contributed by atoms with E-state index in [2.05, 4.69) is 80.5 Å². The van der Waals surface area contributed by atoms with Crippen LogP contribution in [0.25, 0.3) is 5.57 Å². The van der Waals surface area contributed by atoms with Gasteiger partial charge in [-0.3, -0.25) is 4.79 Å². The molecule has 1 aromatic rings. The van der Waals surface area contributed by atoms with Crippen LogP contribution < -0.4 is 0 Å². The molecule has 0 saturated heterocycles. The number of rotatable bonds is 5. The molecule has 27 heavy (non-hydrogen) atoms. The highest BCUT2D eigenvalue weighted by Gasteiger charge is 2.35. The molecule has 1 aromatic carbocycles. The summed E-state index contributed by atoms with van der Waals surface area (Å²) in [4.78, 5) is 13.3. The number of hydrogen-bond acceptors (Lipinski definition) is 2. The molecule has 0 fully saturated rings. The Kier molecular flexibility index (Phi) is 6.39. The first-order valence-corrected chi connectivity index (χ1v) is 10.3. The van der Waals surface area contributed by atoms with Crippen LogP contribution in [0.15, 0.2) is 29.4 Å². The van der Waals surface area contributed by atoms with Crippen molar-refractivity contribution in [2.24, 2.45) is 17.8 Å². The van der Waals surface area contributed by atoms with Gasteiger partial charge in [0.05, 0.1) is 5.92 Å². The van der Waals surface area contributed by atoms with Crippen LogP contribution in [0, 0.1) is 17.8 Å². The number of carbonyl (C=O) groups is 1. The van der Waals surface area contributed by atoms with Gasteiger partial charge in [0.25, 0.3) is 0 Å². The maximum absolute atomic E-state index is 13.3. The molecule has 0 bridgehead atoms. The third kappa shape index (κ3) is 4.05. The minimum absolute atomic E-state index is 0.128. The number of phenolic OH excluding ortho intramolecular Hbond substituents is 1. The lowest BCUT2D eigenvalue weighted by atomic mass is 9.71. The van der Waals surface area contributed by atoms with Gasteiger partial charge < -0.3 is 5.11 Å². The Morgan fingerprint density at radius 3 is 1.70 bits per heavy atom. The Morgan fingerprint density at radius 1 is 0.852 bits per heavy atom. The Balaban J connectivity index is 2.80. The van der Waals surface area contributed by atoms with Gasteiger partial charge in [-0.05, 0) is 76.1 Å². The Morgan fingerprint density at radius 2 is 1.33 bits per heavy atom. The SMILES string of the molecule is CC1=C(c2cc(C(C)C)c(O)c(C(C)C)c2)C(C(C)C)C(=O)C(C(C)C)=C1. The summed E-state index contributed by atoms with van der Waals surface area (Å²) in [5.41, 5.74) is 6.25. The molecular weight excluding hydrogens is 332 g/mol. The third-order valence-corrected chi connectivity index (χ3v) is 5.69. The van der Waals surface area contributed by atoms with Crippen molar-refractivity contribution in [1.82, 2.24) is 0 Å². The van der Waals surface area contributed by atoms with E-state index >= 15 is 0 Å². The van der Waals surface area contributed by atoms with E-state index < -0.39 is 0 Å². The van der Waals surface area contributed by atoms with Crippen molar-refractivity contribution in [2.75, 3.05) is 0 Å². The second-order valence-corrected chi connectivity index (χ2v) is 9.25. The van der Waals surface area contributed by atoms with Gasteiger partial charge >= 0.3 is 0 Å². The molecule has 1 atom stereocenters. The first kappa shape index (κ1) is 21.5. The van der Waals surface area contributed by atoms with Gasteiger partial charge in [0.2, 0.25) is 0 Å². The number of aromatic hydroxyl groups is 1. The van der Waals surface area contributed by atoms with Crippen molar-refractivity contribution in [2.45, 2.75) is 74.1 Å². The van der Waals surface area contributed by atoms with Crippen LogP contribution in [-0.2, 0) is 4.79 Å². The lowest BCUT2D eigenvalue weighted by molar-refractivity contribution is -0.119. The molecule has 148 valence electrons. The smallest absolute Gasteiger partial charge is 0.166 e. The highest BCUT2D eigenvalue weighted by Crippen LogP contribution is 2.43. The first-order chi connectivity index (χ1) is 12.5. The number of allylic oxidation sites excluding steroid dienone is 4. The van der Waals surface area contributed by atoms with Crippen LogP contribution in [0.3, 0.4) is 0 Å². The quantitative estimate of drug-likeness (QED) is 0.617. The van der Waals surface area contributed by atoms with Crippen molar-refractivity contribution in [3.63, 3.8) is 0 Å². The van der Waals surface area contributed by atoms with Crippen LogP contribution in [-0.4, -0.2) is 10.9 Å². The van der Waals surface area contributed by atoms with E-state index in [1.54, 1.807) is 0 Å². The molecule has 2 nitrogen and oxygen atoms in total. The highest BCUT2D eigenvalue weighted by atomic mass is 16.3. The van der Waals surface area contributed by atoms with Crippen LogP contribution in [0.2, 0.25) is 0 Å². The van der Waals surface area contributed by atoms with Crippen molar-refractivity contribution in [1.29, 1.82) is 0 Å². The lowest BCUT2D eigenvalue weighted by Crippen LogP contribution is -2.29. The maximum atomic E-state index is 13.3. The molecule has 0 heterocycles. The number of Topliss-reactive ketones (excluding diaryl/α,β-unsaturated/α-hetero) is 1. The van der Waals surface area contributed by atoms with E-state index in [0.29, 0.717) is 5.75 Å². The fourth-order valence-corrected chi connectivity index (χ4v) is 4.15. The van der Waals surface area contributed by atoms with Gasteiger partial charge in [-0.15, -0.1) is 0 Å². The van der Waals surface area contributed by atoms with Crippen LogP contribution >= 0.6 is 0 Å². The third-order valence-electron chi connectivity index (χ3n) is 5.69. The number of ketones is 1. The molecule has 0 aliphatic heterocycles. The van der Waals surface area contributed by atoms with Crippen molar-refractivity contribution >= 4 is 11.4 Å². The van der Waals surface area contributed by atoms with E-state index in [4.69, 9.17) is 0 Å².